The van der Waals surface area contributed by atoms with E-state index in [1.165, 1.54) is 6.20 Å². The molecule has 1 heterocycles. The van der Waals surface area contributed by atoms with Crippen molar-refractivity contribution in [3.63, 3.8) is 0 Å². The maximum atomic E-state index is 11.3. The molecule has 7 nitrogen and oxygen atoms in total. The molecule has 0 saturated heterocycles. The highest BCUT2D eigenvalue weighted by molar-refractivity contribution is 6.32. The number of nitrogens with zero attached hydrogens (tertiary/aromatic N) is 2. The quantitative estimate of drug-likeness (QED) is 0.599. The molecular weight excluding hydrogens is 320 g/mol. The minimum Gasteiger partial charge on any atom is -0.493 e. The Bertz CT molecular complexity index is 746. The number of aromatic nitrogens is 2. The number of methoxy groups -OCH3 is 1. The van der Waals surface area contributed by atoms with Crippen LogP contribution in [0.2, 0.25) is 5.02 Å². The molecular formula is C15H17ClN4O3. The Morgan fingerprint density at radius 2 is 2.26 bits per heavy atom. The molecule has 0 fully saturated rings. The summed E-state index contributed by atoms with van der Waals surface area (Å²) in [6, 6.07) is 5.46. The van der Waals surface area contributed by atoms with Gasteiger partial charge in [0, 0.05) is 0 Å². The van der Waals surface area contributed by atoms with Gasteiger partial charge < -0.3 is 9.47 Å². The van der Waals surface area contributed by atoms with Crippen LogP contribution < -0.4 is 20.5 Å². The predicted molar refractivity (Wildman–Crippen MR) is 89.9 cm³/mol. The van der Waals surface area contributed by atoms with Crippen molar-refractivity contribution in [2.24, 2.45) is 5.10 Å². The SMILES string of the molecule is CCCOc1ccc(/C=N\Nc2cn[nH]c(=O)c2Cl)cc1OC. The topological polar surface area (TPSA) is 88.6 Å². The zero-order valence-electron chi connectivity index (χ0n) is 12.8. The first-order valence-electron chi connectivity index (χ1n) is 6.98. The van der Waals surface area contributed by atoms with Crippen molar-refractivity contribution < 1.29 is 9.47 Å². The van der Waals surface area contributed by atoms with Crippen molar-refractivity contribution in [1.29, 1.82) is 0 Å². The van der Waals surface area contributed by atoms with Crippen LogP contribution in [0.3, 0.4) is 0 Å². The summed E-state index contributed by atoms with van der Waals surface area (Å²) >= 11 is 5.84. The zero-order chi connectivity index (χ0) is 16.7. The summed E-state index contributed by atoms with van der Waals surface area (Å²) in [5.74, 6) is 1.31. The van der Waals surface area contributed by atoms with Crippen molar-refractivity contribution in [2.75, 3.05) is 19.1 Å². The lowest BCUT2D eigenvalue weighted by atomic mass is 10.2. The molecule has 0 amide bonds. The van der Waals surface area contributed by atoms with E-state index >= 15 is 0 Å². The first kappa shape index (κ1) is 16.8. The van der Waals surface area contributed by atoms with Gasteiger partial charge in [0.15, 0.2) is 11.5 Å². The molecule has 0 aliphatic carbocycles. The van der Waals surface area contributed by atoms with Gasteiger partial charge in [0.25, 0.3) is 5.56 Å². The smallest absolute Gasteiger partial charge is 0.285 e. The van der Waals surface area contributed by atoms with Gasteiger partial charge in [-0.2, -0.15) is 10.2 Å². The fourth-order valence-corrected chi connectivity index (χ4v) is 1.87. The summed E-state index contributed by atoms with van der Waals surface area (Å²) in [6.07, 6.45) is 3.87. The first-order chi connectivity index (χ1) is 11.2. The third-order valence-corrected chi connectivity index (χ3v) is 3.22. The minimum atomic E-state index is -0.481. The number of hydrogen-bond acceptors (Lipinski definition) is 6. The van der Waals surface area contributed by atoms with Crippen LogP contribution in [0, 0.1) is 0 Å². The van der Waals surface area contributed by atoms with Crippen LogP contribution in [0.15, 0.2) is 34.3 Å². The van der Waals surface area contributed by atoms with Gasteiger partial charge in [0.2, 0.25) is 0 Å². The Labute approximate surface area is 138 Å². The second-order valence-corrected chi connectivity index (χ2v) is 4.93. The average Bonchev–Trinajstić information content (AvgIpc) is 2.57. The number of anilines is 1. The van der Waals surface area contributed by atoms with E-state index in [1.807, 2.05) is 19.1 Å². The number of aromatic amines is 1. The maximum absolute atomic E-state index is 11.3. The number of benzene rings is 1. The van der Waals surface area contributed by atoms with E-state index in [4.69, 9.17) is 21.1 Å². The van der Waals surface area contributed by atoms with Gasteiger partial charge in [-0.15, -0.1) is 0 Å². The van der Waals surface area contributed by atoms with Crippen molar-refractivity contribution in [3.05, 3.63) is 45.3 Å². The molecule has 0 aliphatic rings. The first-order valence-corrected chi connectivity index (χ1v) is 7.36. The van der Waals surface area contributed by atoms with Crippen molar-refractivity contribution in [1.82, 2.24) is 10.2 Å². The molecule has 0 bridgehead atoms. The van der Waals surface area contributed by atoms with Crippen molar-refractivity contribution in [2.45, 2.75) is 13.3 Å². The highest BCUT2D eigenvalue weighted by Crippen LogP contribution is 2.27. The van der Waals surface area contributed by atoms with E-state index in [0.29, 0.717) is 23.8 Å². The molecule has 122 valence electrons. The summed E-state index contributed by atoms with van der Waals surface area (Å²) in [5.41, 5.74) is 3.31. The Balaban J connectivity index is 2.10. The van der Waals surface area contributed by atoms with Crippen LogP contribution in [-0.2, 0) is 0 Å². The van der Waals surface area contributed by atoms with Gasteiger partial charge >= 0.3 is 0 Å². The number of halogens is 1. The van der Waals surface area contributed by atoms with Crippen LogP contribution in [0.1, 0.15) is 18.9 Å². The van der Waals surface area contributed by atoms with Crippen molar-refractivity contribution in [3.8, 4) is 11.5 Å². The Hall–Kier alpha value is -2.54. The summed E-state index contributed by atoms with van der Waals surface area (Å²) in [5, 5.41) is 9.90. The largest absolute Gasteiger partial charge is 0.493 e. The lowest BCUT2D eigenvalue weighted by molar-refractivity contribution is 0.294. The molecule has 0 saturated carbocycles. The number of H-pyrrole nitrogens is 1. The fraction of sp³-hybridized carbons (Fsp3) is 0.267. The highest BCUT2D eigenvalue weighted by Gasteiger charge is 2.05. The molecule has 0 radical (unpaired) electrons. The molecule has 0 aliphatic heterocycles. The molecule has 2 N–H and O–H groups in total. The van der Waals surface area contributed by atoms with Crippen molar-refractivity contribution >= 4 is 23.5 Å². The number of hydrogen-bond donors (Lipinski definition) is 2. The number of rotatable bonds is 7. The second-order valence-electron chi connectivity index (χ2n) is 4.56. The van der Waals surface area contributed by atoms with Gasteiger partial charge in [-0.05, 0) is 30.2 Å². The lowest BCUT2D eigenvalue weighted by Gasteiger charge is -2.10. The number of hydrazone groups is 1. The number of nitrogens with one attached hydrogen (secondary N) is 2. The molecule has 23 heavy (non-hydrogen) atoms. The molecule has 2 aromatic rings. The molecule has 0 atom stereocenters. The fourth-order valence-electron chi connectivity index (χ4n) is 1.73. The minimum absolute atomic E-state index is 0.00181. The summed E-state index contributed by atoms with van der Waals surface area (Å²) < 4.78 is 10.9. The normalized spacial score (nSPS) is 10.7. The van der Waals surface area contributed by atoms with Gasteiger partial charge in [-0.25, -0.2) is 5.10 Å². The third kappa shape index (κ3) is 4.46. The maximum Gasteiger partial charge on any atom is 0.285 e. The Morgan fingerprint density at radius 1 is 1.43 bits per heavy atom. The van der Waals surface area contributed by atoms with E-state index < -0.39 is 5.56 Å². The van der Waals surface area contributed by atoms with Gasteiger partial charge in [-0.3, -0.25) is 10.2 Å². The van der Waals surface area contributed by atoms with E-state index in [2.05, 4.69) is 20.7 Å². The standard InChI is InChI=1S/C15H17ClN4O3/c1-3-6-23-12-5-4-10(7-13(12)22-2)8-17-19-11-9-18-20-15(21)14(11)16/h4-5,7-9H,3,6H2,1-2H3,(H2,19,20,21)/b17-8-. The Kier molecular flexibility index (Phi) is 5.99. The predicted octanol–water partition coefficient (Wildman–Crippen LogP) is 2.67. The lowest BCUT2D eigenvalue weighted by Crippen LogP contribution is -2.10. The molecule has 0 unspecified atom stereocenters. The summed E-state index contributed by atoms with van der Waals surface area (Å²) in [6.45, 7) is 2.66. The summed E-state index contributed by atoms with van der Waals surface area (Å²) in [4.78, 5) is 11.3. The molecule has 1 aromatic heterocycles. The Morgan fingerprint density at radius 3 is 3.00 bits per heavy atom. The van der Waals surface area contributed by atoms with Crippen LogP contribution in [0.5, 0.6) is 11.5 Å². The van der Waals surface area contributed by atoms with E-state index in [-0.39, 0.29) is 5.02 Å². The molecule has 2 rings (SSSR count). The van der Waals surface area contributed by atoms with Gasteiger partial charge in [0.05, 0.1) is 26.1 Å². The van der Waals surface area contributed by atoms with Crippen LogP contribution in [0.25, 0.3) is 0 Å². The third-order valence-electron chi connectivity index (χ3n) is 2.84. The highest BCUT2D eigenvalue weighted by atomic mass is 35.5. The van der Waals surface area contributed by atoms with E-state index in [9.17, 15) is 4.79 Å². The summed E-state index contributed by atoms with van der Waals surface area (Å²) in [7, 11) is 1.58. The van der Waals surface area contributed by atoms with Crippen LogP contribution in [0.4, 0.5) is 5.69 Å². The van der Waals surface area contributed by atoms with Crippen LogP contribution in [-0.4, -0.2) is 30.1 Å². The average molecular weight is 337 g/mol. The molecule has 1 aromatic carbocycles. The van der Waals surface area contributed by atoms with E-state index in [0.717, 1.165) is 12.0 Å². The van der Waals surface area contributed by atoms with Crippen LogP contribution >= 0.6 is 11.6 Å². The molecule has 0 spiro atoms. The number of ether oxygens (including phenoxy) is 2. The van der Waals surface area contributed by atoms with Gasteiger partial charge in [-0.1, -0.05) is 18.5 Å². The second kappa shape index (κ2) is 8.19. The zero-order valence-corrected chi connectivity index (χ0v) is 13.6. The van der Waals surface area contributed by atoms with E-state index in [1.54, 1.807) is 19.4 Å². The molecule has 8 heteroatoms. The monoisotopic (exact) mass is 336 g/mol. The van der Waals surface area contributed by atoms with Gasteiger partial charge in [0.1, 0.15) is 10.7 Å².